The SMILES string of the molecule is COc1cccc(NC(=O)[C@@H](C2=Cc3ccccc3OC2)N2CCC2=O)c1. The molecule has 0 bridgehead atoms. The van der Waals surface area contributed by atoms with Crippen molar-refractivity contribution in [2.75, 3.05) is 25.6 Å². The van der Waals surface area contributed by atoms with Crippen molar-refractivity contribution in [2.24, 2.45) is 0 Å². The van der Waals surface area contributed by atoms with Gasteiger partial charge in [-0.15, -0.1) is 0 Å². The molecule has 0 saturated carbocycles. The Hall–Kier alpha value is -3.28. The van der Waals surface area contributed by atoms with E-state index in [0.717, 1.165) is 16.9 Å². The van der Waals surface area contributed by atoms with E-state index in [1.165, 1.54) is 0 Å². The number of β-lactam (4-membered cyclic amide) rings is 1. The topological polar surface area (TPSA) is 67.9 Å². The number of carbonyl (C=O) groups is 2. The minimum Gasteiger partial charge on any atom is -0.497 e. The molecule has 6 heteroatoms. The first-order valence-electron chi connectivity index (χ1n) is 8.82. The Morgan fingerprint density at radius 1 is 1.22 bits per heavy atom. The summed E-state index contributed by atoms with van der Waals surface area (Å²) in [5.74, 6) is 1.15. The minimum atomic E-state index is -0.689. The maximum atomic E-state index is 13.1. The lowest BCUT2D eigenvalue weighted by molar-refractivity contribution is -0.145. The number of para-hydroxylation sites is 1. The van der Waals surface area contributed by atoms with E-state index in [9.17, 15) is 9.59 Å². The molecule has 4 rings (SSSR count). The van der Waals surface area contributed by atoms with Gasteiger partial charge >= 0.3 is 0 Å². The first-order chi connectivity index (χ1) is 13.2. The lowest BCUT2D eigenvalue weighted by Gasteiger charge is -2.39. The fraction of sp³-hybridized carbons (Fsp3) is 0.238. The Morgan fingerprint density at radius 3 is 2.81 bits per heavy atom. The second-order valence-electron chi connectivity index (χ2n) is 6.51. The van der Waals surface area contributed by atoms with Crippen LogP contribution in [0.2, 0.25) is 0 Å². The van der Waals surface area contributed by atoms with E-state index in [1.807, 2.05) is 30.3 Å². The van der Waals surface area contributed by atoms with E-state index >= 15 is 0 Å². The van der Waals surface area contributed by atoms with Gasteiger partial charge < -0.3 is 19.7 Å². The van der Waals surface area contributed by atoms with Crippen molar-refractivity contribution in [3.05, 3.63) is 59.7 Å². The molecule has 1 saturated heterocycles. The van der Waals surface area contributed by atoms with Gasteiger partial charge in [-0.2, -0.15) is 0 Å². The van der Waals surface area contributed by atoms with Crippen molar-refractivity contribution in [2.45, 2.75) is 12.5 Å². The van der Waals surface area contributed by atoms with E-state index < -0.39 is 6.04 Å². The number of carbonyl (C=O) groups excluding carboxylic acids is 2. The van der Waals surface area contributed by atoms with E-state index in [4.69, 9.17) is 9.47 Å². The summed E-state index contributed by atoms with van der Waals surface area (Å²) in [5.41, 5.74) is 2.29. The molecule has 1 atom stereocenters. The van der Waals surface area contributed by atoms with Crippen molar-refractivity contribution in [3.63, 3.8) is 0 Å². The molecular weight excluding hydrogens is 344 g/mol. The molecule has 0 spiro atoms. The van der Waals surface area contributed by atoms with Crippen LogP contribution >= 0.6 is 0 Å². The van der Waals surface area contributed by atoms with Crippen LogP contribution in [-0.4, -0.2) is 43.0 Å². The monoisotopic (exact) mass is 364 g/mol. The zero-order valence-corrected chi connectivity index (χ0v) is 15.0. The molecule has 1 fully saturated rings. The van der Waals surface area contributed by atoms with Crippen LogP contribution in [-0.2, 0) is 9.59 Å². The van der Waals surface area contributed by atoms with E-state index in [-0.39, 0.29) is 18.4 Å². The van der Waals surface area contributed by atoms with Crippen LogP contribution in [0.4, 0.5) is 5.69 Å². The largest absolute Gasteiger partial charge is 0.497 e. The predicted octanol–water partition coefficient (Wildman–Crippen LogP) is 2.71. The molecule has 2 amide bonds. The second-order valence-corrected chi connectivity index (χ2v) is 6.51. The van der Waals surface area contributed by atoms with Gasteiger partial charge in [0.15, 0.2) is 0 Å². The molecule has 0 radical (unpaired) electrons. The molecule has 0 aromatic heterocycles. The van der Waals surface area contributed by atoms with Crippen molar-refractivity contribution >= 4 is 23.6 Å². The molecule has 2 heterocycles. The van der Waals surface area contributed by atoms with E-state index in [2.05, 4.69) is 5.32 Å². The number of amides is 2. The summed E-state index contributed by atoms with van der Waals surface area (Å²) in [4.78, 5) is 26.7. The minimum absolute atomic E-state index is 0.0273. The quantitative estimate of drug-likeness (QED) is 0.829. The first kappa shape index (κ1) is 17.1. The molecule has 6 nitrogen and oxygen atoms in total. The van der Waals surface area contributed by atoms with Crippen molar-refractivity contribution in [3.8, 4) is 11.5 Å². The molecule has 2 aromatic carbocycles. The zero-order valence-electron chi connectivity index (χ0n) is 15.0. The summed E-state index contributed by atoms with van der Waals surface area (Å²) in [6, 6.07) is 14.1. The van der Waals surface area contributed by atoms with Gasteiger partial charge in [0, 0.05) is 30.3 Å². The van der Waals surface area contributed by atoms with Gasteiger partial charge in [0.05, 0.1) is 7.11 Å². The average Bonchev–Trinajstić information content (AvgIpc) is 2.70. The van der Waals surface area contributed by atoms with Crippen molar-refractivity contribution in [1.29, 1.82) is 0 Å². The second kappa shape index (κ2) is 7.15. The number of rotatable bonds is 5. The standard InChI is InChI=1S/C21H20N2O4/c1-26-17-7-4-6-16(12-17)22-21(25)20(23-10-9-19(23)24)15-11-14-5-2-3-8-18(14)27-13-15/h2-8,11-12,20H,9-10,13H2,1H3,(H,22,25)/t20-/m1/s1. The Bertz CT molecular complexity index is 922. The van der Waals surface area contributed by atoms with Crippen LogP contribution in [0.1, 0.15) is 12.0 Å². The number of anilines is 1. The molecule has 0 aliphatic carbocycles. The van der Waals surface area contributed by atoms with Gasteiger partial charge in [0.2, 0.25) is 5.91 Å². The third-order valence-electron chi connectivity index (χ3n) is 4.79. The van der Waals surface area contributed by atoms with Crippen molar-refractivity contribution in [1.82, 2.24) is 4.90 Å². The smallest absolute Gasteiger partial charge is 0.251 e. The first-order valence-corrected chi connectivity index (χ1v) is 8.82. The molecule has 2 aromatic rings. The van der Waals surface area contributed by atoms with Gasteiger partial charge in [-0.25, -0.2) is 0 Å². The highest BCUT2D eigenvalue weighted by atomic mass is 16.5. The third-order valence-corrected chi connectivity index (χ3v) is 4.79. The number of nitrogens with zero attached hydrogens (tertiary/aromatic N) is 1. The molecule has 138 valence electrons. The molecule has 1 N–H and O–H groups in total. The van der Waals surface area contributed by atoms with Gasteiger partial charge in [-0.05, 0) is 29.8 Å². The summed E-state index contributed by atoms with van der Waals surface area (Å²) >= 11 is 0. The van der Waals surface area contributed by atoms with Gasteiger partial charge in [-0.1, -0.05) is 24.3 Å². The maximum Gasteiger partial charge on any atom is 0.251 e. The fourth-order valence-electron chi connectivity index (χ4n) is 3.32. The Labute approximate surface area is 157 Å². The van der Waals surface area contributed by atoms with Gasteiger partial charge in [0.25, 0.3) is 5.91 Å². The number of fused-ring (bicyclic) bond motifs is 1. The Kier molecular flexibility index (Phi) is 4.54. The Morgan fingerprint density at radius 2 is 2.07 bits per heavy atom. The van der Waals surface area contributed by atoms with Gasteiger partial charge in [0.1, 0.15) is 24.1 Å². The summed E-state index contributed by atoms with van der Waals surface area (Å²) in [5, 5.41) is 2.90. The number of hydrogen-bond acceptors (Lipinski definition) is 4. The molecule has 2 aliphatic heterocycles. The highest BCUT2D eigenvalue weighted by Gasteiger charge is 2.39. The van der Waals surface area contributed by atoms with Crippen LogP contribution in [0.15, 0.2) is 54.1 Å². The van der Waals surface area contributed by atoms with Crippen LogP contribution in [0, 0.1) is 0 Å². The predicted molar refractivity (Wildman–Crippen MR) is 102 cm³/mol. The fourth-order valence-corrected chi connectivity index (χ4v) is 3.32. The van der Waals surface area contributed by atoms with Crippen LogP contribution < -0.4 is 14.8 Å². The lowest BCUT2D eigenvalue weighted by atomic mass is 9.96. The number of methoxy groups -OCH3 is 1. The average molecular weight is 364 g/mol. The van der Waals surface area contributed by atoms with E-state index in [1.54, 1.807) is 36.3 Å². The third kappa shape index (κ3) is 3.38. The summed E-state index contributed by atoms with van der Waals surface area (Å²) < 4.78 is 11.0. The van der Waals surface area contributed by atoms with Crippen LogP contribution in [0.3, 0.4) is 0 Å². The van der Waals surface area contributed by atoms with Crippen molar-refractivity contribution < 1.29 is 19.1 Å². The molecule has 0 unspecified atom stereocenters. The summed E-state index contributed by atoms with van der Waals surface area (Å²) in [7, 11) is 1.57. The summed E-state index contributed by atoms with van der Waals surface area (Å²) in [6.07, 6.45) is 2.41. The number of ether oxygens (including phenoxy) is 2. The number of benzene rings is 2. The molecular formula is C21H20N2O4. The number of hydrogen-bond donors (Lipinski definition) is 1. The molecule has 2 aliphatic rings. The molecule has 27 heavy (non-hydrogen) atoms. The van der Waals surface area contributed by atoms with Gasteiger partial charge in [-0.3, -0.25) is 9.59 Å². The lowest BCUT2D eigenvalue weighted by Crippen LogP contribution is -2.56. The maximum absolute atomic E-state index is 13.1. The Balaban J connectivity index is 1.63. The highest BCUT2D eigenvalue weighted by molar-refractivity contribution is 6.01. The van der Waals surface area contributed by atoms with Crippen LogP contribution in [0.25, 0.3) is 6.08 Å². The number of likely N-dealkylation sites (tertiary alicyclic amines) is 1. The van der Waals surface area contributed by atoms with Crippen LogP contribution in [0.5, 0.6) is 11.5 Å². The normalized spacial score (nSPS) is 16.4. The van der Waals surface area contributed by atoms with E-state index in [0.29, 0.717) is 24.4 Å². The zero-order chi connectivity index (χ0) is 18.8. The summed E-state index contributed by atoms with van der Waals surface area (Å²) in [6.45, 7) is 0.838. The highest BCUT2D eigenvalue weighted by Crippen LogP contribution is 2.30. The number of nitrogens with one attached hydrogen (secondary N) is 1.